The molecule has 2 aromatic carbocycles. The molecule has 1 aliphatic heterocycles. The molecule has 0 spiro atoms. The number of nitrogens with zero attached hydrogens (tertiary/aromatic N) is 1. The summed E-state index contributed by atoms with van der Waals surface area (Å²) in [5.41, 5.74) is 0.859. The third kappa shape index (κ3) is 5.45. The highest BCUT2D eigenvalue weighted by Crippen LogP contribution is 2.28. The molecule has 10 heteroatoms. The lowest BCUT2D eigenvalue weighted by Crippen LogP contribution is -2.38. The van der Waals surface area contributed by atoms with Crippen LogP contribution in [0.15, 0.2) is 60.0 Å². The Bertz CT molecular complexity index is 1270. The third-order valence-electron chi connectivity index (χ3n) is 5.65. The van der Waals surface area contributed by atoms with Crippen LogP contribution in [0.25, 0.3) is 0 Å². The van der Waals surface area contributed by atoms with E-state index in [0.29, 0.717) is 29.3 Å². The van der Waals surface area contributed by atoms with Crippen molar-refractivity contribution in [1.29, 1.82) is 0 Å². The minimum absolute atomic E-state index is 0.0618. The second-order valence-corrected chi connectivity index (χ2v) is 8.93. The molecule has 3 aromatic rings. The number of carbonyl (C=O) groups is 4. The second-order valence-electron chi connectivity index (χ2n) is 7.90. The van der Waals surface area contributed by atoms with Gasteiger partial charge in [0.05, 0.1) is 37.9 Å². The molecular weight excluding hydrogens is 484 g/mol. The minimum Gasteiger partial charge on any atom is -0.493 e. The summed E-state index contributed by atoms with van der Waals surface area (Å²) in [6.07, 6.45) is 0.0618. The number of hydrogen-bond donors (Lipinski definition) is 1. The largest absolute Gasteiger partial charge is 0.493 e. The smallest absolute Gasteiger partial charge is 0.338 e. The highest BCUT2D eigenvalue weighted by atomic mass is 32.1. The zero-order chi connectivity index (χ0) is 25.7. The third-order valence-corrected chi connectivity index (χ3v) is 6.53. The van der Waals surface area contributed by atoms with Crippen molar-refractivity contribution in [3.05, 3.63) is 76.0 Å². The summed E-state index contributed by atoms with van der Waals surface area (Å²) in [7, 11) is 2.95. The molecule has 1 atom stereocenters. The summed E-state index contributed by atoms with van der Waals surface area (Å²) < 4.78 is 15.5. The SMILES string of the molecule is COc1ccc(C(=O)COC(=O)c2ccc(N3C(=O)CC(NCc4cccs4)C3=O)cc2)cc1OC. The second kappa shape index (κ2) is 11.1. The summed E-state index contributed by atoms with van der Waals surface area (Å²) in [6.45, 7) is 0.0404. The number of Topliss-reactive ketones (excluding diaryl/α,β-unsaturated/α-hetero) is 1. The normalized spacial score (nSPS) is 15.2. The zero-order valence-corrected chi connectivity index (χ0v) is 20.5. The predicted octanol–water partition coefficient (Wildman–Crippen LogP) is 3.23. The van der Waals surface area contributed by atoms with Crippen LogP contribution in [0.1, 0.15) is 32.0 Å². The van der Waals surface area contributed by atoms with E-state index < -0.39 is 24.4 Å². The number of ketones is 1. The van der Waals surface area contributed by atoms with Gasteiger partial charge in [0.15, 0.2) is 23.9 Å². The summed E-state index contributed by atoms with van der Waals surface area (Å²) in [5, 5.41) is 5.07. The van der Waals surface area contributed by atoms with Gasteiger partial charge < -0.3 is 19.5 Å². The Kier molecular flexibility index (Phi) is 7.77. The lowest BCUT2D eigenvalue weighted by atomic mass is 10.1. The fourth-order valence-electron chi connectivity index (χ4n) is 3.75. The molecule has 2 heterocycles. The van der Waals surface area contributed by atoms with E-state index in [9.17, 15) is 19.2 Å². The number of imide groups is 1. The summed E-state index contributed by atoms with van der Waals surface area (Å²) >= 11 is 1.57. The van der Waals surface area contributed by atoms with E-state index in [1.807, 2.05) is 17.5 Å². The molecule has 0 radical (unpaired) electrons. The van der Waals surface area contributed by atoms with Crippen LogP contribution in [-0.4, -0.2) is 50.4 Å². The van der Waals surface area contributed by atoms with Gasteiger partial charge in [-0.3, -0.25) is 14.4 Å². The molecule has 9 nitrogen and oxygen atoms in total. The number of ether oxygens (including phenoxy) is 3. The molecule has 36 heavy (non-hydrogen) atoms. The summed E-state index contributed by atoms with van der Waals surface area (Å²) in [6, 6.07) is 13.8. The van der Waals surface area contributed by atoms with Crippen molar-refractivity contribution in [2.24, 2.45) is 0 Å². The molecule has 2 amide bonds. The number of anilines is 1. The summed E-state index contributed by atoms with van der Waals surface area (Å²) in [4.78, 5) is 52.4. The van der Waals surface area contributed by atoms with Crippen LogP contribution in [0.3, 0.4) is 0 Å². The van der Waals surface area contributed by atoms with Crippen molar-refractivity contribution in [3.8, 4) is 11.5 Å². The molecule has 1 aromatic heterocycles. The molecule has 0 aliphatic carbocycles. The Morgan fingerprint density at radius 3 is 2.39 bits per heavy atom. The average Bonchev–Trinajstić information content (AvgIpc) is 3.52. The monoisotopic (exact) mass is 508 g/mol. The van der Waals surface area contributed by atoms with E-state index in [-0.39, 0.29) is 23.8 Å². The van der Waals surface area contributed by atoms with Crippen molar-refractivity contribution < 1.29 is 33.4 Å². The predicted molar refractivity (Wildman–Crippen MR) is 133 cm³/mol. The Morgan fingerprint density at radius 2 is 1.72 bits per heavy atom. The molecule has 4 rings (SSSR count). The van der Waals surface area contributed by atoms with Crippen LogP contribution in [0.4, 0.5) is 5.69 Å². The number of amides is 2. The van der Waals surface area contributed by atoms with Crippen LogP contribution >= 0.6 is 11.3 Å². The van der Waals surface area contributed by atoms with Crippen LogP contribution in [0, 0.1) is 0 Å². The van der Waals surface area contributed by atoms with Gasteiger partial charge in [-0.2, -0.15) is 0 Å². The molecule has 1 unspecified atom stereocenters. The zero-order valence-electron chi connectivity index (χ0n) is 19.7. The molecule has 186 valence electrons. The minimum atomic E-state index is -0.704. The van der Waals surface area contributed by atoms with Gasteiger partial charge in [-0.05, 0) is 53.9 Å². The van der Waals surface area contributed by atoms with E-state index in [0.717, 1.165) is 9.78 Å². The van der Waals surface area contributed by atoms with Gasteiger partial charge in [-0.15, -0.1) is 11.3 Å². The first-order valence-electron chi connectivity index (χ1n) is 11.1. The van der Waals surface area contributed by atoms with Gasteiger partial charge in [0.1, 0.15) is 0 Å². The van der Waals surface area contributed by atoms with Crippen LogP contribution in [0.5, 0.6) is 11.5 Å². The highest BCUT2D eigenvalue weighted by Gasteiger charge is 2.39. The van der Waals surface area contributed by atoms with E-state index in [1.165, 1.54) is 44.6 Å². The number of thiophene rings is 1. The van der Waals surface area contributed by atoms with Crippen molar-refractivity contribution in [3.63, 3.8) is 0 Å². The standard InChI is InChI=1S/C26H24N2O7S/c1-33-22-10-7-17(12-23(22)34-2)21(29)15-35-26(32)16-5-8-18(9-6-16)28-24(30)13-20(25(28)31)27-14-19-4-3-11-36-19/h3-12,20,27H,13-15H2,1-2H3. The number of benzene rings is 2. The number of nitrogens with one attached hydrogen (secondary N) is 1. The molecular formula is C26H24N2O7S. The highest BCUT2D eigenvalue weighted by molar-refractivity contribution is 7.09. The number of esters is 1. The first-order chi connectivity index (χ1) is 17.4. The molecule has 0 saturated carbocycles. The molecule has 1 saturated heterocycles. The molecule has 1 fully saturated rings. The lowest BCUT2D eigenvalue weighted by molar-refractivity contribution is -0.121. The number of rotatable bonds is 10. The van der Waals surface area contributed by atoms with Crippen LogP contribution in [0.2, 0.25) is 0 Å². The van der Waals surface area contributed by atoms with E-state index in [4.69, 9.17) is 14.2 Å². The van der Waals surface area contributed by atoms with Gasteiger partial charge in [0.25, 0.3) is 5.91 Å². The fraction of sp³-hybridized carbons (Fsp3) is 0.231. The molecule has 1 N–H and O–H groups in total. The van der Waals surface area contributed by atoms with E-state index in [2.05, 4.69) is 5.32 Å². The van der Waals surface area contributed by atoms with Gasteiger partial charge >= 0.3 is 5.97 Å². The lowest BCUT2D eigenvalue weighted by Gasteiger charge is -2.16. The number of methoxy groups -OCH3 is 2. The number of hydrogen-bond acceptors (Lipinski definition) is 9. The Morgan fingerprint density at radius 1 is 1.00 bits per heavy atom. The first kappa shape index (κ1) is 25.1. The first-order valence-corrected chi connectivity index (χ1v) is 11.9. The van der Waals surface area contributed by atoms with Gasteiger partial charge in [-0.1, -0.05) is 6.07 Å². The maximum Gasteiger partial charge on any atom is 0.338 e. The Balaban J connectivity index is 1.34. The van der Waals surface area contributed by atoms with Crippen molar-refractivity contribution >= 4 is 40.6 Å². The quantitative estimate of drug-likeness (QED) is 0.253. The van der Waals surface area contributed by atoms with Gasteiger partial charge in [0.2, 0.25) is 5.91 Å². The fourth-order valence-corrected chi connectivity index (χ4v) is 4.41. The van der Waals surface area contributed by atoms with E-state index in [1.54, 1.807) is 23.5 Å². The van der Waals surface area contributed by atoms with E-state index >= 15 is 0 Å². The Labute approximate surface area is 211 Å². The van der Waals surface area contributed by atoms with Crippen molar-refractivity contribution in [2.75, 3.05) is 25.7 Å². The average molecular weight is 509 g/mol. The maximum atomic E-state index is 12.8. The Hall–Kier alpha value is -4.02. The van der Waals surface area contributed by atoms with Crippen LogP contribution in [-0.2, 0) is 20.9 Å². The molecule has 0 bridgehead atoms. The topological polar surface area (TPSA) is 111 Å². The maximum absolute atomic E-state index is 12.8. The van der Waals surface area contributed by atoms with Gasteiger partial charge in [0, 0.05) is 17.0 Å². The van der Waals surface area contributed by atoms with Crippen molar-refractivity contribution in [1.82, 2.24) is 5.32 Å². The molecule has 1 aliphatic rings. The number of carbonyl (C=O) groups excluding carboxylic acids is 4. The van der Waals surface area contributed by atoms with Gasteiger partial charge in [-0.25, -0.2) is 9.69 Å². The van der Waals surface area contributed by atoms with Crippen LogP contribution < -0.4 is 19.7 Å². The summed E-state index contributed by atoms with van der Waals surface area (Å²) in [5.74, 6) is -0.905. The van der Waals surface area contributed by atoms with Crippen molar-refractivity contribution in [2.45, 2.75) is 19.0 Å².